The first-order chi connectivity index (χ1) is 9.34. The summed E-state index contributed by atoms with van der Waals surface area (Å²) in [5, 5.41) is 4.29. The van der Waals surface area contributed by atoms with Crippen molar-refractivity contribution in [1.29, 1.82) is 0 Å². The Labute approximate surface area is 138 Å². The van der Waals surface area contributed by atoms with Crippen molar-refractivity contribution in [3.63, 3.8) is 0 Å². The molecule has 0 aliphatic rings. The fraction of sp³-hybridized carbons (Fsp3) is 0.286. The van der Waals surface area contributed by atoms with Crippen LogP contribution in [0.4, 0.5) is 0 Å². The molecule has 0 saturated carbocycles. The van der Waals surface area contributed by atoms with Crippen LogP contribution in [0.15, 0.2) is 52.4 Å². The first-order valence-electron chi connectivity index (χ1n) is 6.19. The molecule has 6 heteroatoms. The van der Waals surface area contributed by atoms with Crippen LogP contribution in [0.5, 0.6) is 0 Å². The van der Waals surface area contributed by atoms with Crippen molar-refractivity contribution in [2.24, 2.45) is 0 Å². The number of hydrogen-bond acceptors (Lipinski definition) is 4. The van der Waals surface area contributed by atoms with E-state index in [9.17, 15) is 0 Å². The average Bonchev–Trinajstić information content (AvgIpc) is 2.46. The molecule has 0 fully saturated rings. The Morgan fingerprint density at radius 1 is 1.10 bits per heavy atom. The van der Waals surface area contributed by atoms with E-state index in [-0.39, 0.29) is 12.4 Å². The lowest BCUT2D eigenvalue weighted by molar-refractivity contribution is 0.678. The largest absolute Gasteiger partial charge is 0.313 e. The van der Waals surface area contributed by atoms with E-state index in [1.54, 1.807) is 24.2 Å². The molecule has 0 saturated heterocycles. The SMILES string of the molecule is Brc1ccc(CNCCCSc2ncccn2)cc1.Cl. The van der Waals surface area contributed by atoms with E-state index in [0.29, 0.717) is 0 Å². The highest BCUT2D eigenvalue weighted by atomic mass is 79.9. The van der Waals surface area contributed by atoms with Crippen molar-refractivity contribution in [1.82, 2.24) is 15.3 Å². The van der Waals surface area contributed by atoms with Crippen LogP contribution in [0, 0.1) is 0 Å². The van der Waals surface area contributed by atoms with Crippen LogP contribution >= 0.6 is 40.1 Å². The zero-order valence-electron chi connectivity index (χ0n) is 11.0. The van der Waals surface area contributed by atoms with Crippen LogP contribution in [-0.4, -0.2) is 22.3 Å². The molecule has 0 aliphatic carbocycles. The van der Waals surface area contributed by atoms with Crippen LogP contribution < -0.4 is 5.32 Å². The molecule has 20 heavy (non-hydrogen) atoms. The second kappa shape index (κ2) is 10.2. The van der Waals surface area contributed by atoms with Gasteiger partial charge in [-0.2, -0.15) is 0 Å². The van der Waals surface area contributed by atoms with E-state index in [1.165, 1.54) is 5.56 Å². The highest BCUT2D eigenvalue weighted by Crippen LogP contribution is 2.12. The number of nitrogens with one attached hydrogen (secondary N) is 1. The van der Waals surface area contributed by atoms with Gasteiger partial charge in [-0.15, -0.1) is 12.4 Å². The maximum absolute atomic E-state index is 4.18. The minimum Gasteiger partial charge on any atom is -0.313 e. The molecule has 1 aromatic carbocycles. The highest BCUT2D eigenvalue weighted by molar-refractivity contribution is 9.10. The first-order valence-corrected chi connectivity index (χ1v) is 7.97. The monoisotopic (exact) mass is 373 g/mol. The summed E-state index contributed by atoms with van der Waals surface area (Å²) in [5.41, 5.74) is 1.31. The van der Waals surface area contributed by atoms with Gasteiger partial charge in [0.25, 0.3) is 0 Å². The number of rotatable bonds is 7. The fourth-order valence-corrected chi connectivity index (χ4v) is 2.56. The second-order valence-corrected chi connectivity index (χ2v) is 6.01. The van der Waals surface area contributed by atoms with E-state index in [4.69, 9.17) is 0 Å². The molecule has 1 N–H and O–H groups in total. The molecule has 0 spiro atoms. The number of halogens is 2. The number of nitrogens with zero attached hydrogens (tertiary/aromatic N) is 2. The van der Waals surface area contributed by atoms with Gasteiger partial charge in [0.1, 0.15) is 0 Å². The van der Waals surface area contributed by atoms with Crippen molar-refractivity contribution in [3.8, 4) is 0 Å². The predicted molar refractivity (Wildman–Crippen MR) is 90.5 cm³/mol. The average molecular weight is 375 g/mol. The predicted octanol–water partition coefficient (Wildman–Crippen LogP) is 3.93. The Morgan fingerprint density at radius 2 is 1.80 bits per heavy atom. The van der Waals surface area contributed by atoms with Crippen molar-refractivity contribution in [2.75, 3.05) is 12.3 Å². The Balaban J connectivity index is 0.00000200. The summed E-state index contributed by atoms with van der Waals surface area (Å²) in [7, 11) is 0. The third-order valence-corrected chi connectivity index (χ3v) is 4.00. The summed E-state index contributed by atoms with van der Waals surface area (Å²) >= 11 is 5.14. The van der Waals surface area contributed by atoms with Crippen molar-refractivity contribution in [2.45, 2.75) is 18.1 Å². The van der Waals surface area contributed by atoms with Gasteiger partial charge in [-0.05, 0) is 36.7 Å². The summed E-state index contributed by atoms with van der Waals surface area (Å²) in [6.07, 6.45) is 4.67. The molecule has 1 aromatic heterocycles. The lowest BCUT2D eigenvalue weighted by Gasteiger charge is -2.04. The number of thioether (sulfide) groups is 1. The third-order valence-electron chi connectivity index (χ3n) is 2.51. The second-order valence-electron chi connectivity index (χ2n) is 4.04. The molecule has 0 bridgehead atoms. The van der Waals surface area contributed by atoms with Gasteiger partial charge in [0.15, 0.2) is 5.16 Å². The van der Waals surface area contributed by atoms with Gasteiger partial charge in [-0.1, -0.05) is 39.8 Å². The van der Waals surface area contributed by atoms with Gasteiger partial charge in [-0.25, -0.2) is 9.97 Å². The topological polar surface area (TPSA) is 37.8 Å². The van der Waals surface area contributed by atoms with E-state index < -0.39 is 0 Å². The zero-order chi connectivity index (χ0) is 13.3. The lowest BCUT2D eigenvalue weighted by Crippen LogP contribution is -2.15. The Bertz CT molecular complexity index is 482. The molecule has 2 rings (SSSR count). The highest BCUT2D eigenvalue weighted by Gasteiger charge is 1.96. The van der Waals surface area contributed by atoms with Crippen molar-refractivity contribution < 1.29 is 0 Å². The Hall–Kier alpha value is -0.620. The number of hydrogen-bond donors (Lipinski definition) is 1. The van der Waals surface area contributed by atoms with Gasteiger partial charge in [-0.3, -0.25) is 0 Å². The third kappa shape index (κ3) is 6.70. The zero-order valence-corrected chi connectivity index (χ0v) is 14.2. The maximum atomic E-state index is 4.18. The summed E-state index contributed by atoms with van der Waals surface area (Å²) in [6.45, 7) is 1.93. The van der Waals surface area contributed by atoms with Gasteiger partial charge in [0.05, 0.1) is 0 Å². The van der Waals surface area contributed by atoms with Gasteiger partial charge in [0.2, 0.25) is 0 Å². The standard InChI is InChI=1S/C14H16BrN3S.ClH/c15-13-5-3-12(4-6-13)11-16-7-2-10-19-14-17-8-1-9-18-14;/h1,3-6,8-9,16H,2,7,10-11H2;1H. The summed E-state index contributed by atoms with van der Waals surface area (Å²) in [5.74, 6) is 1.04. The van der Waals surface area contributed by atoms with Crippen molar-refractivity contribution in [3.05, 3.63) is 52.8 Å². The quantitative estimate of drug-likeness (QED) is 0.453. The van der Waals surface area contributed by atoms with Gasteiger partial charge in [0, 0.05) is 29.2 Å². The van der Waals surface area contributed by atoms with Crippen LogP contribution in [0.2, 0.25) is 0 Å². The molecule has 2 aromatic rings. The minimum atomic E-state index is 0. The first kappa shape index (κ1) is 17.4. The van der Waals surface area contributed by atoms with E-state index in [1.807, 2.05) is 6.07 Å². The van der Waals surface area contributed by atoms with Crippen LogP contribution in [0.1, 0.15) is 12.0 Å². The summed E-state index contributed by atoms with van der Waals surface area (Å²) in [4.78, 5) is 8.36. The smallest absolute Gasteiger partial charge is 0.187 e. The molecular formula is C14H17BrClN3S. The fourth-order valence-electron chi connectivity index (χ4n) is 1.56. The summed E-state index contributed by atoms with van der Waals surface area (Å²) < 4.78 is 1.12. The number of benzene rings is 1. The Morgan fingerprint density at radius 3 is 2.50 bits per heavy atom. The molecule has 108 valence electrons. The molecular weight excluding hydrogens is 358 g/mol. The molecule has 0 radical (unpaired) electrons. The van der Waals surface area contributed by atoms with Gasteiger partial charge >= 0.3 is 0 Å². The lowest BCUT2D eigenvalue weighted by atomic mass is 10.2. The molecule has 3 nitrogen and oxygen atoms in total. The minimum absolute atomic E-state index is 0. The molecule has 0 atom stereocenters. The van der Waals surface area contributed by atoms with Crippen LogP contribution in [0.25, 0.3) is 0 Å². The van der Waals surface area contributed by atoms with Crippen LogP contribution in [0.3, 0.4) is 0 Å². The van der Waals surface area contributed by atoms with E-state index in [0.717, 1.165) is 34.9 Å². The molecule has 0 aliphatic heterocycles. The molecule has 1 heterocycles. The van der Waals surface area contributed by atoms with E-state index >= 15 is 0 Å². The van der Waals surface area contributed by atoms with Gasteiger partial charge < -0.3 is 5.32 Å². The molecule has 0 amide bonds. The van der Waals surface area contributed by atoms with Crippen LogP contribution in [-0.2, 0) is 6.54 Å². The number of aromatic nitrogens is 2. The maximum Gasteiger partial charge on any atom is 0.187 e. The van der Waals surface area contributed by atoms with Crippen molar-refractivity contribution >= 4 is 40.1 Å². The Kier molecular flexibility index (Phi) is 8.85. The van der Waals surface area contributed by atoms with E-state index in [2.05, 4.69) is 55.5 Å². The summed E-state index contributed by atoms with van der Waals surface area (Å²) in [6, 6.07) is 10.2. The normalized spacial score (nSPS) is 10.1. The molecule has 0 unspecified atom stereocenters.